The van der Waals surface area contributed by atoms with Crippen molar-refractivity contribution in [2.75, 3.05) is 13.1 Å². The third-order valence-corrected chi connectivity index (χ3v) is 2.84. The van der Waals surface area contributed by atoms with Gasteiger partial charge in [-0.15, -0.1) is 24.8 Å². The molecule has 0 saturated carbocycles. The molecule has 2 N–H and O–H groups in total. The zero-order valence-corrected chi connectivity index (χ0v) is 11.8. The maximum Gasteiger partial charge on any atom is 0.221 e. The number of hydrogen-bond donors (Lipinski definition) is 2. The Morgan fingerprint density at radius 2 is 2.33 bits per heavy atom. The summed E-state index contributed by atoms with van der Waals surface area (Å²) in [5.74, 6) is 0.101. The van der Waals surface area contributed by atoms with Gasteiger partial charge >= 0.3 is 0 Å². The minimum Gasteiger partial charge on any atom is -0.354 e. The minimum atomic E-state index is 0. The summed E-state index contributed by atoms with van der Waals surface area (Å²) in [5, 5.41) is 10.3. The lowest BCUT2D eigenvalue weighted by molar-refractivity contribution is -0.121. The van der Waals surface area contributed by atoms with Gasteiger partial charge in [-0.2, -0.15) is 5.10 Å². The van der Waals surface area contributed by atoms with E-state index in [0.717, 1.165) is 13.1 Å². The van der Waals surface area contributed by atoms with Gasteiger partial charge in [-0.25, -0.2) is 0 Å². The van der Waals surface area contributed by atoms with Crippen molar-refractivity contribution in [1.29, 1.82) is 0 Å². The summed E-state index contributed by atoms with van der Waals surface area (Å²) in [5.41, 5.74) is 0. The molecular formula is C11H20Cl2N4O. The summed E-state index contributed by atoms with van der Waals surface area (Å²) in [6.45, 7) is 2.47. The minimum absolute atomic E-state index is 0. The van der Waals surface area contributed by atoms with Crippen molar-refractivity contribution in [3.8, 4) is 0 Å². The van der Waals surface area contributed by atoms with Crippen LogP contribution in [0.3, 0.4) is 0 Å². The molecule has 7 heteroatoms. The lowest BCUT2D eigenvalue weighted by Gasteiger charge is -2.11. The Hall–Kier alpha value is -0.780. The van der Waals surface area contributed by atoms with Crippen LogP contribution in [0.25, 0.3) is 0 Å². The number of hydrogen-bond acceptors (Lipinski definition) is 3. The zero-order chi connectivity index (χ0) is 11.2. The summed E-state index contributed by atoms with van der Waals surface area (Å²) in [6.07, 6.45) is 6.47. The highest BCUT2D eigenvalue weighted by atomic mass is 35.5. The van der Waals surface area contributed by atoms with Gasteiger partial charge in [-0.1, -0.05) is 0 Å². The molecule has 1 aliphatic rings. The quantitative estimate of drug-likeness (QED) is 0.851. The van der Waals surface area contributed by atoms with Crippen LogP contribution in [0, 0.1) is 0 Å². The van der Waals surface area contributed by atoms with E-state index in [1.807, 2.05) is 12.3 Å². The molecule has 0 aromatic carbocycles. The van der Waals surface area contributed by atoms with E-state index in [1.54, 1.807) is 10.9 Å². The van der Waals surface area contributed by atoms with Gasteiger partial charge < -0.3 is 10.6 Å². The van der Waals surface area contributed by atoms with Crippen LogP contribution in [-0.4, -0.2) is 34.8 Å². The molecule has 0 radical (unpaired) electrons. The Kier molecular flexibility index (Phi) is 8.79. The van der Waals surface area contributed by atoms with Crippen LogP contribution in [0.15, 0.2) is 18.5 Å². The Labute approximate surface area is 120 Å². The molecule has 1 amide bonds. The monoisotopic (exact) mass is 294 g/mol. The van der Waals surface area contributed by atoms with E-state index < -0.39 is 0 Å². The van der Waals surface area contributed by atoms with Gasteiger partial charge in [-0.05, 0) is 25.5 Å². The second-order valence-corrected chi connectivity index (χ2v) is 4.12. The molecule has 1 aromatic heterocycles. The summed E-state index contributed by atoms with van der Waals surface area (Å²) in [6, 6.07) is 2.33. The summed E-state index contributed by atoms with van der Waals surface area (Å²) < 4.78 is 1.77. The van der Waals surface area contributed by atoms with Gasteiger partial charge in [0.1, 0.15) is 0 Å². The highest BCUT2D eigenvalue weighted by molar-refractivity contribution is 5.85. The van der Waals surface area contributed by atoms with Gasteiger partial charge in [0.25, 0.3) is 0 Å². The van der Waals surface area contributed by atoms with Gasteiger partial charge in [0, 0.05) is 37.9 Å². The number of halogens is 2. The lowest BCUT2D eigenvalue weighted by Crippen LogP contribution is -2.37. The zero-order valence-electron chi connectivity index (χ0n) is 10.2. The number of amides is 1. The number of rotatable bonds is 5. The van der Waals surface area contributed by atoms with Gasteiger partial charge in [0.05, 0.1) is 0 Å². The smallest absolute Gasteiger partial charge is 0.221 e. The first-order valence-corrected chi connectivity index (χ1v) is 5.82. The predicted molar refractivity (Wildman–Crippen MR) is 75.4 cm³/mol. The summed E-state index contributed by atoms with van der Waals surface area (Å²) in [4.78, 5) is 11.5. The number of aryl methyl sites for hydroxylation is 1. The van der Waals surface area contributed by atoms with Crippen LogP contribution in [0.4, 0.5) is 0 Å². The number of nitrogens with one attached hydrogen (secondary N) is 2. The maximum absolute atomic E-state index is 11.5. The molecule has 2 rings (SSSR count). The predicted octanol–water partition coefficient (Wildman–Crippen LogP) is 0.985. The molecule has 104 valence electrons. The van der Waals surface area contributed by atoms with Crippen molar-refractivity contribution in [2.45, 2.75) is 31.8 Å². The number of carbonyl (C=O) groups is 1. The van der Waals surface area contributed by atoms with Crippen LogP contribution in [0.2, 0.25) is 0 Å². The molecule has 0 spiro atoms. The Bertz CT molecular complexity index is 326. The molecular weight excluding hydrogens is 275 g/mol. The number of nitrogens with zero attached hydrogens (tertiary/aromatic N) is 2. The largest absolute Gasteiger partial charge is 0.354 e. The first-order valence-electron chi connectivity index (χ1n) is 5.82. The van der Waals surface area contributed by atoms with Crippen molar-refractivity contribution in [3.63, 3.8) is 0 Å². The maximum atomic E-state index is 11.5. The van der Waals surface area contributed by atoms with Crippen molar-refractivity contribution in [1.82, 2.24) is 20.4 Å². The molecule has 18 heavy (non-hydrogen) atoms. The van der Waals surface area contributed by atoms with Gasteiger partial charge in [-0.3, -0.25) is 9.48 Å². The van der Waals surface area contributed by atoms with E-state index in [9.17, 15) is 4.79 Å². The van der Waals surface area contributed by atoms with Crippen LogP contribution in [-0.2, 0) is 11.3 Å². The van der Waals surface area contributed by atoms with E-state index in [1.165, 1.54) is 12.8 Å². The standard InChI is InChI=1S/C11H18N4O.2ClH/c16-11(4-8-15-7-2-6-14-15)13-9-10-3-1-5-12-10;;/h2,6-7,10,12H,1,3-5,8-9H2,(H,13,16);2*1H. The SMILES string of the molecule is Cl.Cl.O=C(CCn1cccn1)NCC1CCCN1. The molecule has 1 unspecified atom stereocenters. The fourth-order valence-electron chi connectivity index (χ4n) is 1.91. The molecule has 5 nitrogen and oxygen atoms in total. The van der Waals surface area contributed by atoms with E-state index in [-0.39, 0.29) is 30.7 Å². The molecule has 0 aliphatic carbocycles. The summed E-state index contributed by atoms with van der Waals surface area (Å²) in [7, 11) is 0. The van der Waals surface area contributed by atoms with E-state index in [0.29, 0.717) is 19.0 Å². The molecule has 0 bridgehead atoms. The second-order valence-electron chi connectivity index (χ2n) is 4.12. The van der Waals surface area contributed by atoms with Gasteiger partial charge in [0.15, 0.2) is 0 Å². The van der Waals surface area contributed by atoms with Crippen molar-refractivity contribution < 1.29 is 4.79 Å². The molecule has 1 saturated heterocycles. The second kappa shape index (κ2) is 9.19. The fourth-order valence-corrected chi connectivity index (χ4v) is 1.91. The molecule has 1 fully saturated rings. The highest BCUT2D eigenvalue weighted by Gasteiger charge is 2.14. The van der Waals surface area contributed by atoms with E-state index >= 15 is 0 Å². The van der Waals surface area contributed by atoms with Crippen LogP contribution >= 0.6 is 24.8 Å². The topological polar surface area (TPSA) is 59.0 Å². The highest BCUT2D eigenvalue weighted by Crippen LogP contribution is 2.03. The Morgan fingerprint density at radius 3 is 2.94 bits per heavy atom. The third-order valence-electron chi connectivity index (χ3n) is 2.84. The summed E-state index contributed by atoms with van der Waals surface area (Å²) >= 11 is 0. The first-order chi connectivity index (χ1) is 7.84. The molecule has 2 heterocycles. The van der Waals surface area contributed by atoms with Crippen LogP contribution in [0.1, 0.15) is 19.3 Å². The lowest BCUT2D eigenvalue weighted by atomic mass is 10.2. The number of aromatic nitrogens is 2. The van der Waals surface area contributed by atoms with Crippen LogP contribution < -0.4 is 10.6 Å². The molecule has 1 atom stereocenters. The van der Waals surface area contributed by atoms with Gasteiger partial charge in [0.2, 0.25) is 5.91 Å². The number of carbonyl (C=O) groups excluding carboxylic acids is 1. The normalized spacial score (nSPS) is 17.7. The van der Waals surface area contributed by atoms with Crippen molar-refractivity contribution in [3.05, 3.63) is 18.5 Å². The molecule has 1 aliphatic heterocycles. The van der Waals surface area contributed by atoms with Crippen molar-refractivity contribution in [2.24, 2.45) is 0 Å². The average molecular weight is 295 g/mol. The fraction of sp³-hybridized carbons (Fsp3) is 0.636. The average Bonchev–Trinajstić information content (AvgIpc) is 2.96. The van der Waals surface area contributed by atoms with Crippen LogP contribution in [0.5, 0.6) is 0 Å². The Morgan fingerprint density at radius 1 is 1.50 bits per heavy atom. The molecule has 1 aromatic rings. The third kappa shape index (κ3) is 5.71. The van der Waals surface area contributed by atoms with E-state index in [4.69, 9.17) is 0 Å². The Balaban J connectivity index is 0.00000144. The van der Waals surface area contributed by atoms with Crippen molar-refractivity contribution >= 4 is 30.7 Å². The first kappa shape index (κ1) is 17.2. The van der Waals surface area contributed by atoms with E-state index in [2.05, 4.69) is 15.7 Å².